The second kappa shape index (κ2) is 5.33. The maximum Gasteiger partial charge on any atom is 0.419 e. The molecule has 0 heterocycles. The molecule has 0 spiro atoms. The Labute approximate surface area is 102 Å². The van der Waals surface area contributed by atoms with Gasteiger partial charge in [0.1, 0.15) is 5.82 Å². The van der Waals surface area contributed by atoms with Gasteiger partial charge < -0.3 is 0 Å². The van der Waals surface area contributed by atoms with E-state index in [2.05, 4.69) is 0 Å². The maximum atomic E-state index is 13.3. The monoisotopic (exact) mass is 260 g/mol. The Morgan fingerprint density at radius 2 is 1.94 bits per heavy atom. The van der Waals surface area contributed by atoms with E-state index >= 15 is 0 Å². The van der Waals surface area contributed by atoms with E-state index in [9.17, 15) is 22.4 Å². The third kappa shape index (κ3) is 2.97. The minimum absolute atomic E-state index is 0.0737. The zero-order valence-corrected chi connectivity index (χ0v) is 9.94. The average molecular weight is 260 g/mol. The van der Waals surface area contributed by atoms with Crippen LogP contribution in [0, 0.1) is 5.82 Å². The van der Waals surface area contributed by atoms with Gasteiger partial charge in [0.05, 0.1) is 5.56 Å². The average Bonchev–Trinajstić information content (AvgIpc) is 2.28. The van der Waals surface area contributed by atoms with Crippen LogP contribution in [0.15, 0.2) is 29.8 Å². The smallest absolute Gasteiger partial charge is 0.289 e. The SMILES string of the molecule is C/C=C(/CC)C(=O)c1ccc(C(F)(F)F)c(F)c1. The molecule has 18 heavy (non-hydrogen) atoms. The van der Waals surface area contributed by atoms with E-state index in [1.54, 1.807) is 19.9 Å². The first-order valence-electron chi connectivity index (χ1n) is 5.37. The highest BCUT2D eigenvalue weighted by molar-refractivity contribution is 6.08. The van der Waals surface area contributed by atoms with Crippen LogP contribution in [-0.2, 0) is 6.18 Å². The van der Waals surface area contributed by atoms with Gasteiger partial charge in [0.2, 0.25) is 0 Å². The van der Waals surface area contributed by atoms with E-state index in [0.717, 1.165) is 6.07 Å². The molecule has 0 radical (unpaired) electrons. The summed E-state index contributed by atoms with van der Waals surface area (Å²) in [6.07, 6.45) is -2.74. The summed E-state index contributed by atoms with van der Waals surface area (Å²) in [7, 11) is 0. The Morgan fingerprint density at radius 3 is 2.33 bits per heavy atom. The number of hydrogen-bond donors (Lipinski definition) is 0. The topological polar surface area (TPSA) is 17.1 Å². The molecule has 1 rings (SSSR count). The van der Waals surface area contributed by atoms with Crippen molar-refractivity contribution in [2.45, 2.75) is 26.4 Å². The molecule has 98 valence electrons. The van der Waals surface area contributed by atoms with Crippen molar-refractivity contribution in [1.29, 1.82) is 0 Å². The molecule has 0 saturated heterocycles. The van der Waals surface area contributed by atoms with E-state index in [1.807, 2.05) is 0 Å². The Hall–Kier alpha value is -1.65. The number of alkyl halides is 3. The molecule has 0 aliphatic heterocycles. The summed E-state index contributed by atoms with van der Waals surface area (Å²) in [5.74, 6) is -1.88. The summed E-state index contributed by atoms with van der Waals surface area (Å²) in [4.78, 5) is 11.8. The predicted octanol–water partition coefficient (Wildman–Crippen LogP) is 4.38. The fourth-order valence-electron chi connectivity index (χ4n) is 1.57. The van der Waals surface area contributed by atoms with Gasteiger partial charge in [-0.05, 0) is 31.1 Å². The zero-order valence-electron chi connectivity index (χ0n) is 9.94. The summed E-state index contributed by atoms with van der Waals surface area (Å²) in [5, 5.41) is 0. The van der Waals surface area contributed by atoms with Crippen molar-refractivity contribution in [3.05, 3.63) is 46.8 Å². The van der Waals surface area contributed by atoms with Gasteiger partial charge in [-0.3, -0.25) is 4.79 Å². The molecule has 0 atom stereocenters. The largest absolute Gasteiger partial charge is 0.419 e. The number of allylic oxidation sites excluding steroid dienone is 2. The highest BCUT2D eigenvalue weighted by atomic mass is 19.4. The number of carbonyl (C=O) groups is 1. The summed E-state index contributed by atoms with van der Waals surface area (Å²) in [6, 6.07) is 2.21. The molecule has 0 aliphatic carbocycles. The van der Waals surface area contributed by atoms with Gasteiger partial charge in [-0.25, -0.2) is 4.39 Å². The fourth-order valence-corrected chi connectivity index (χ4v) is 1.57. The molecule has 0 saturated carbocycles. The highest BCUT2D eigenvalue weighted by Gasteiger charge is 2.34. The van der Waals surface area contributed by atoms with Crippen LogP contribution in [0.25, 0.3) is 0 Å². The summed E-state index contributed by atoms with van der Waals surface area (Å²) >= 11 is 0. The van der Waals surface area contributed by atoms with Gasteiger partial charge in [0.15, 0.2) is 5.78 Å². The molecule has 1 aromatic carbocycles. The quantitative estimate of drug-likeness (QED) is 0.447. The Kier molecular flexibility index (Phi) is 4.27. The van der Waals surface area contributed by atoms with E-state index in [-0.39, 0.29) is 5.56 Å². The van der Waals surface area contributed by atoms with Gasteiger partial charge in [0, 0.05) is 5.56 Å². The molecule has 0 aromatic heterocycles. The van der Waals surface area contributed by atoms with Crippen molar-refractivity contribution >= 4 is 5.78 Å². The van der Waals surface area contributed by atoms with Crippen molar-refractivity contribution in [2.24, 2.45) is 0 Å². The standard InChI is InChI=1S/C13H12F4O/c1-3-8(4-2)12(18)9-5-6-10(11(14)7-9)13(15,16)17/h3,5-7H,4H2,1-2H3/b8-3-. The van der Waals surface area contributed by atoms with Crippen molar-refractivity contribution < 1.29 is 22.4 Å². The number of carbonyl (C=O) groups excluding carboxylic acids is 1. The lowest BCUT2D eigenvalue weighted by Gasteiger charge is -2.09. The van der Waals surface area contributed by atoms with Crippen LogP contribution in [-0.4, -0.2) is 5.78 Å². The molecule has 5 heteroatoms. The molecule has 0 unspecified atom stereocenters. The van der Waals surface area contributed by atoms with Crippen LogP contribution in [0.1, 0.15) is 36.2 Å². The number of benzene rings is 1. The normalized spacial score (nSPS) is 12.7. The minimum Gasteiger partial charge on any atom is -0.289 e. The van der Waals surface area contributed by atoms with Crippen molar-refractivity contribution in [3.8, 4) is 0 Å². The molecule has 1 nitrogen and oxygen atoms in total. The van der Waals surface area contributed by atoms with Crippen molar-refractivity contribution in [2.75, 3.05) is 0 Å². The molecule has 0 aliphatic rings. The lowest BCUT2D eigenvalue weighted by Crippen LogP contribution is -2.10. The number of ketones is 1. The summed E-state index contributed by atoms with van der Waals surface area (Å²) in [5.41, 5.74) is -0.998. The Morgan fingerprint density at radius 1 is 1.33 bits per heavy atom. The van der Waals surface area contributed by atoms with E-state index in [1.165, 1.54) is 0 Å². The maximum absolute atomic E-state index is 13.3. The number of Topliss-reactive ketones (excluding diaryl/α,β-unsaturated/α-hetero) is 1. The molecule has 0 amide bonds. The molecule has 0 bridgehead atoms. The van der Waals surface area contributed by atoms with E-state index in [4.69, 9.17) is 0 Å². The van der Waals surface area contributed by atoms with Crippen molar-refractivity contribution in [1.82, 2.24) is 0 Å². The van der Waals surface area contributed by atoms with Crippen LogP contribution < -0.4 is 0 Å². The fraction of sp³-hybridized carbons (Fsp3) is 0.308. The highest BCUT2D eigenvalue weighted by Crippen LogP contribution is 2.31. The van der Waals surface area contributed by atoms with E-state index in [0.29, 0.717) is 24.1 Å². The lowest BCUT2D eigenvalue weighted by atomic mass is 10.00. The predicted molar refractivity (Wildman–Crippen MR) is 59.8 cm³/mol. The van der Waals surface area contributed by atoms with Gasteiger partial charge >= 0.3 is 6.18 Å². The molecular weight excluding hydrogens is 248 g/mol. The lowest BCUT2D eigenvalue weighted by molar-refractivity contribution is -0.140. The first-order chi connectivity index (χ1) is 8.31. The first kappa shape index (κ1) is 14.4. The second-order valence-electron chi connectivity index (χ2n) is 3.69. The van der Waals surface area contributed by atoms with Crippen LogP contribution in [0.5, 0.6) is 0 Å². The molecular formula is C13H12F4O. The molecule has 0 fully saturated rings. The van der Waals surface area contributed by atoms with E-state index < -0.39 is 23.3 Å². The molecule has 1 aromatic rings. The van der Waals surface area contributed by atoms with Crippen LogP contribution in [0.3, 0.4) is 0 Å². The van der Waals surface area contributed by atoms with Gasteiger partial charge in [-0.2, -0.15) is 13.2 Å². The number of rotatable bonds is 3. The molecule has 0 N–H and O–H groups in total. The van der Waals surface area contributed by atoms with Gasteiger partial charge in [0.25, 0.3) is 0 Å². The van der Waals surface area contributed by atoms with Crippen LogP contribution >= 0.6 is 0 Å². The second-order valence-corrected chi connectivity index (χ2v) is 3.69. The third-order valence-corrected chi connectivity index (χ3v) is 2.56. The number of halogens is 4. The Bertz CT molecular complexity index is 486. The van der Waals surface area contributed by atoms with Gasteiger partial charge in [-0.15, -0.1) is 0 Å². The number of hydrogen-bond acceptors (Lipinski definition) is 1. The van der Waals surface area contributed by atoms with Crippen LogP contribution in [0.4, 0.5) is 17.6 Å². The summed E-state index contributed by atoms with van der Waals surface area (Å²) in [6.45, 7) is 3.39. The third-order valence-electron chi connectivity index (χ3n) is 2.56. The zero-order chi connectivity index (χ0) is 13.9. The van der Waals surface area contributed by atoms with Gasteiger partial charge in [-0.1, -0.05) is 19.1 Å². The van der Waals surface area contributed by atoms with Crippen molar-refractivity contribution in [3.63, 3.8) is 0 Å². The Balaban J connectivity index is 3.17. The minimum atomic E-state index is -4.75. The van der Waals surface area contributed by atoms with Crippen LogP contribution in [0.2, 0.25) is 0 Å². The summed E-state index contributed by atoms with van der Waals surface area (Å²) < 4.78 is 50.3. The first-order valence-corrected chi connectivity index (χ1v) is 5.37.